The van der Waals surface area contributed by atoms with E-state index in [4.69, 9.17) is 42.9 Å². The molecule has 2 saturated carbocycles. The van der Waals surface area contributed by atoms with Gasteiger partial charge in [-0.05, 0) is 148 Å². The Hall–Kier alpha value is -12.3. The van der Waals surface area contributed by atoms with Crippen LogP contribution in [0, 0.1) is 75.6 Å². The molecule has 29 nitrogen and oxygen atoms in total. The number of ether oxygens (including phenoxy) is 3. The van der Waals surface area contributed by atoms with E-state index in [0.717, 1.165) is 174 Å². The average molecular weight is 1910 g/mol. The Morgan fingerprint density at radius 1 is 0.275 bits per heavy atom. The molecule has 18 heterocycles. The van der Waals surface area contributed by atoms with Gasteiger partial charge in [0.2, 0.25) is 0 Å². The second-order valence-electron chi connectivity index (χ2n) is 37.1. The third-order valence-corrected chi connectivity index (χ3v) is 28.6. The van der Waals surface area contributed by atoms with E-state index >= 15 is 0 Å². The van der Waals surface area contributed by atoms with E-state index in [9.17, 15) is 57.1 Å². The Bertz CT molecular complexity index is 6530. The third kappa shape index (κ3) is 18.0. The van der Waals surface area contributed by atoms with Crippen LogP contribution in [-0.2, 0) is 79.7 Å². The predicted octanol–water partition coefficient (Wildman–Crippen LogP) is 12.3. The molecule has 0 bridgehead atoms. The van der Waals surface area contributed by atoms with E-state index in [1.807, 2.05) is 53.6 Å². The minimum absolute atomic E-state index is 0.00990. The third-order valence-electron chi connectivity index (χ3n) is 28.6. The zero-order valence-corrected chi connectivity index (χ0v) is 74.1. The molecule has 2 aliphatic carbocycles. The van der Waals surface area contributed by atoms with E-state index in [0.29, 0.717) is 114 Å². The number of halogens is 13. The van der Waals surface area contributed by atoms with Gasteiger partial charge in [0.15, 0.2) is 63.1 Å². The van der Waals surface area contributed by atoms with Gasteiger partial charge in [0.25, 0.3) is 0 Å². The highest BCUT2D eigenvalue weighted by Crippen LogP contribution is 2.45. The summed E-state index contributed by atoms with van der Waals surface area (Å²) in [7, 11) is 0. The monoisotopic (exact) mass is 1910 g/mol. The molecule has 5 unspecified atom stereocenters. The largest absolute Gasteiger partial charge is 0.370 e. The van der Waals surface area contributed by atoms with Crippen molar-refractivity contribution in [3.8, 4) is 0 Å². The van der Waals surface area contributed by atoms with Gasteiger partial charge in [-0.1, -0.05) is 0 Å². The lowest BCUT2D eigenvalue weighted by Crippen LogP contribution is -2.47. The molecule has 15 atom stereocenters. The van der Waals surface area contributed by atoms with Gasteiger partial charge in [0, 0.05) is 250 Å². The number of rotatable bonds is 10. The second kappa shape index (κ2) is 38.1. The predicted molar refractivity (Wildman–Crippen MR) is 473 cm³/mol. The molecule has 42 heteroatoms. The summed E-state index contributed by atoms with van der Waals surface area (Å²) in [5, 5.41) is 22.9. The number of aromatic nitrogens is 16. The fraction of sp³-hybridized carbons (Fsp3) is 0.385. The molecule has 3 saturated heterocycles. The van der Waals surface area contributed by atoms with Crippen molar-refractivity contribution in [1.82, 2.24) is 102 Å². The summed E-state index contributed by atoms with van der Waals surface area (Å²) in [5.74, 6) is -11.5. The molecule has 25 rings (SSSR count). The lowest BCUT2D eigenvalue weighted by Gasteiger charge is -2.38. The van der Waals surface area contributed by atoms with Crippen molar-refractivity contribution in [2.24, 2.45) is 28.7 Å². The molecular formula is C96H95F13N26O3. The number of benzene rings is 5. The van der Waals surface area contributed by atoms with Crippen LogP contribution in [0.25, 0.3) is 28.2 Å². The van der Waals surface area contributed by atoms with E-state index in [1.54, 1.807) is 49.2 Å². The molecule has 15 aromatic rings. The summed E-state index contributed by atoms with van der Waals surface area (Å²) in [6.45, 7) is 8.19. The van der Waals surface area contributed by atoms with Crippen LogP contribution in [0.15, 0.2) is 159 Å². The molecule has 10 aromatic heterocycles. The second-order valence-corrected chi connectivity index (χ2v) is 37.1. The Labute approximate surface area is 779 Å². The van der Waals surface area contributed by atoms with E-state index in [2.05, 4.69) is 79.9 Å². The summed E-state index contributed by atoms with van der Waals surface area (Å²) in [6, 6.07) is 17.5. The maximum absolute atomic E-state index is 14.2. The van der Waals surface area contributed by atoms with Gasteiger partial charge in [-0.2, -0.15) is 25.5 Å². The molecule has 0 radical (unpaired) electrons. The maximum Gasteiger partial charge on any atom is 0.163 e. The van der Waals surface area contributed by atoms with Gasteiger partial charge in [0.05, 0.1) is 48.3 Å². The molecule has 10 aliphatic rings. The lowest BCUT2D eigenvalue weighted by molar-refractivity contribution is -0.0533. The SMILES string of the molecule is N[C@H]1C[C@@H](N2Cc3nn4cccnc4c3C2)CCC1c1cc(F)c(F)cc1F.N[C@H]1C[C@@H](N2Cc3nn4cccnc4c3C2)CCC1c1cc(F)ccc1F.N[C@H]1C[C@@H](N2Cc3nn4cccnc4c3C2)COC1c1cc(F)c(F)cc1F.N[C@H]1C[C@@H](N2Cc3nn4cccnc4c3C2)COC1c1cc(F)ccc1F.N[C@H]1C[C@@H](N2Cc3nn4cncnc4c3C2)COC1c1cc(F)c(F)cc1F. The fourth-order valence-corrected chi connectivity index (χ4v) is 21.7. The fourth-order valence-electron chi connectivity index (χ4n) is 21.7. The molecule has 5 aromatic carbocycles. The van der Waals surface area contributed by atoms with Crippen molar-refractivity contribution in [3.63, 3.8) is 0 Å². The Morgan fingerprint density at radius 2 is 0.558 bits per heavy atom. The first kappa shape index (κ1) is 92.1. The van der Waals surface area contributed by atoms with E-state index < -0.39 is 106 Å². The molecule has 8 aliphatic heterocycles. The summed E-state index contributed by atoms with van der Waals surface area (Å²) in [4.78, 5) is 37.3. The van der Waals surface area contributed by atoms with E-state index in [-0.39, 0.29) is 76.2 Å². The van der Waals surface area contributed by atoms with Crippen LogP contribution >= 0.6 is 0 Å². The highest BCUT2D eigenvalue weighted by atomic mass is 19.2. The smallest absolute Gasteiger partial charge is 0.163 e. The molecule has 138 heavy (non-hydrogen) atoms. The quantitative estimate of drug-likeness (QED) is 0.0627. The topological polar surface area (TPSA) is 338 Å². The minimum Gasteiger partial charge on any atom is -0.370 e. The van der Waals surface area contributed by atoms with Gasteiger partial charge in [-0.3, -0.25) is 24.5 Å². The van der Waals surface area contributed by atoms with Crippen molar-refractivity contribution in [1.29, 1.82) is 0 Å². The molecule has 0 spiro atoms. The first-order valence-corrected chi connectivity index (χ1v) is 45.8. The van der Waals surface area contributed by atoms with Gasteiger partial charge in [-0.25, -0.2) is 110 Å². The minimum atomic E-state index is -1.23. The Morgan fingerprint density at radius 3 is 0.906 bits per heavy atom. The first-order valence-electron chi connectivity index (χ1n) is 45.8. The summed E-state index contributed by atoms with van der Waals surface area (Å²) < 4.78 is 204. The summed E-state index contributed by atoms with van der Waals surface area (Å²) in [6.07, 6.45) is 21.7. The lowest BCUT2D eigenvalue weighted by atomic mass is 9.77. The molecular weight excluding hydrogens is 1810 g/mol. The van der Waals surface area contributed by atoms with Crippen LogP contribution in [0.3, 0.4) is 0 Å². The van der Waals surface area contributed by atoms with Gasteiger partial charge >= 0.3 is 0 Å². The maximum atomic E-state index is 14.2. The van der Waals surface area contributed by atoms with Gasteiger partial charge in [-0.15, -0.1) is 0 Å². The van der Waals surface area contributed by atoms with Crippen LogP contribution in [0.1, 0.15) is 172 Å². The average Bonchev–Trinajstić information content (AvgIpc) is 1.22. The van der Waals surface area contributed by atoms with Crippen molar-refractivity contribution in [2.45, 2.75) is 214 Å². The van der Waals surface area contributed by atoms with Crippen LogP contribution in [0.5, 0.6) is 0 Å². The molecule has 10 N–H and O–H groups in total. The highest BCUT2D eigenvalue weighted by Gasteiger charge is 2.45. The number of hydrogen-bond donors (Lipinski definition) is 5. The van der Waals surface area contributed by atoms with Crippen LogP contribution in [0.4, 0.5) is 57.1 Å². The molecule has 0 amide bonds. The molecule has 718 valence electrons. The number of nitrogens with two attached hydrogens (primary N) is 5. The Kier molecular flexibility index (Phi) is 25.4. The van der Waals surface area contributed by atoms with Gasteiger partial charge in [0.1, 0.15) is 71.7 Å². The zero-order valence-electron chi connectivity index (χ0n) is 74.1. The van der Waals surface area contributed by atoms with Crippen LogP contribution < -0.4 is 28.7 Å². The van der Waals surface area contributed by atoms with Crippen molar-refractivity contribution in [2.75, 3.05) is 19.8 Å². The van der Waals surface area contributed by atoms with Crippen molar-refractivity contribution < 1.29 is 71.3 Å². The number of nitrogens with zero attached hydrogens (tertiary/aromatic N) is 21. The normalized spacial score (nSPS) is 25.5. The Balaban J connectivity index is 0.000000103. The van der Waals surface area contributed by atoms with Gasteiger partial charge < -0.3 is 42.9 Å². The van der Waals surface area contributed by atoms with Crippen molar-refractivity contribution >= 4 is 28.2 Å². The summed E-state index contributed by atoms with van der Waals surface area (Å²) >= 11 is 0. The van der Waals surface area contributed by atoms with E-state index in [1.165, 1.54) is 30.1 Å². The first-order chi connectivity index (χ1) is 66.7. The number of hydrogen-bond acceptors (Lipinski definition) is 24. The van der Waals surface area contributed by atoms with Crippen molar-refractivity contribution in [3.05, 3.63) is 319 Å². The zero-order chi connectivity index (χ0) is 95.3. The standard InChI is InChI=1S/C20H20F3N5.C20H21F2N5.C19H18F3N5O.C19H19F2N5O.C18H17F3N6O/c21-15-8-17(23)16(22)7-13(15)12-3-2-11(6-18(12)24)27-9-14-19(10-27)26-28-5-1-4-25-20(14)28;21-12-2-5-17(22)15(8-12)14-4-3-13(9-18(14)23)26-10-16-19(11-26)25-27-7-1-6-24-20(16)27;20-13-6-15(22)14(21)5-11(13)18-16(23)4-10(9-28-18)26-7-12-17(8-26)25-27-3-1-2-24-19(12)27;20-11-2-3-15(21)13(6-11)18-16(22)7-12(10-27-18)25-8-14-17(9-25)24-26-5-1-4-23-19(14)26;19-12-3-14(21)13(20)2-10(12)17-15(22)1-9(6-28-17)26-4-11-16(5-26)25-27-8-23-7-24-18(11)27/h1,4-5,7-8,11-12,18H,2-3,6,9-10,24H2;1-2,5-8,13-14,18H,3-4,9-11,23H2;1-3,5-6,10,16,18H,4,7-9,23H2;1-6,12,16,18H,7-10,22H2;2-3,7-9,15,17H,1,4-6,22H2/t11-,12?,18-;13-,14?,18-;10-,16+,18?;12-,16+,18?;9-,15+,17?/m00111/s1. The van der Waals surface area contributed by atoms with Crippen LogP contribution in [0.2, 0.25) is 0 Å². The van der Waals surface area contributed by atoms with Crippen LogP contribution in [-0.4, -0.2) is 183 Å². The molecule has 5 fully saturated rings. The number of fused-ring (bicyclic) bond motifs is 15. The highest BCUT2D eigenvalue weighted by molar-refractivity contribution is 5.55. The summed E-state index contributed by atoms with van der Waals surface area (Å²) in [5.41, 5.74) is 47.1.